The second-order valence-corrected chi connectivity index (χ2v) is 5.07. The molecule has 0 aliphatic rings. The van der Waals surface area contributed by atoms with Crippen molar-refractivity contribution in [3.05, 3.63) is 28.1 Å². The van der Waals surface area contributed by atoms with Crippen molar-refractivity contribution in [3.8, 4) is 0 Å². The summed E-state index contributed by atoms with van der Waals surface area (Å²) in [6, 6.07) is 1.01. The lowest BCUT2D eigenvalue weighted by Crippen LogP contribution is -2.02. The van der Waals surface area contributed by atoms with Crippen LogP contribution in [0.25, 0.3) is 0 Å². The van der Waals surface area contributed by atoms with Gasteiger partial charge >= 0.3 is 0 Å². The maximum Gasteiger partial charge on any atom is 0.293 e. The van der Waals surface area contributed by atoms with Gasteiger partial charge in [-0.1, -0.05) is 0 Å². The van der Waals surface area contributed by atoms with E-state index in [4.69, 9.17) is 16.4 Å². The van der Waals surface area contributed by atoms with E-state index in [-0.39, 0.29) is 0 Å². The molecule has 0 fully saturated rings. The third-order valence-electron chi connectivity index (χ3n) is 1.54. The molecule has 15 heavy (non-hydrogen) atoms. The summed E-state index contributed by atoms with van der Waals surface area (Å²) in [4.78, 5) is 8.48. The van der Waals surface area contributed by atoms with Crippen molar-refractivity contribution in [2.24, 2.45) is 0 Å². The van der Waals surface area contributed by atoms with Gasteiger partial charge in [-0.3, -0.25) is 10.1 Å². The van der Waals surface area contributed by atoms with Crippen LogP contribution in [-0.2, 0) is 9.05 Å². The van der Waals surface area contributed by atoms with Gasteiger partial charge in [0.25, 0.3) is 14.7 Å². The van der Waals surface area contributed by atoms with Crippen molar-refractivity contribution in [1.82, 2.24) is 0 Å². The van der Waals surface area contributed by atoms with Crippen LogP contribution in [0.3, 0.4) is 0 Å². The van der Waals surface area contributed by atoms with Crippen molar-refractivity contribution in [2.75, 3.05) is 5.73 Å². The van der Waals surface area contributed by atoms with E-state index in [2.05, 4.69) is 0 Å². The minimum absolute atomic E-state index is 0.471. The Morgan fingerprint density at radius 2 is 2.00 bits per heavy atom. The highest BCUT2D eigenvalue weighted by atomic mass is 35.7. The van der Waals surface area contributed by atoms with E-state index in [9.17, 15) is 22.9 Å². The van der Waals surface area contributed by atoms with Crippen LogP contribution < -0.4 is 5.73 Å². The highest BCUT2D eigenvalue weighted by Gasteiger charge is 2.23. The minimum atomic E-state index is -4.37. The van der Waals surface area contributed by atoms with Crippen molar-refractivity contribution < 1.29 is 17.7 Å². The van der Waals surface area contributed by atoms with Crippen LogP contribution in [0, 0.1) is 15.9 Å². The SMILES string of the molecule is Nc1cc(F)c(S(=O)(=O)Cl)cc1[N+](=O)[O-]. The lowest BCUT2D eigenvalue weighted by atomic mass is 10.2. The predicted octanol–water partition coefficient (Wildman–Crippen LogP) is 1.24. The maximum atomic E-state index is 13.0. The Kier molecular flexibility index (Phi) is 2.82. The van der Waals surface area contributed by atoms with Crippen LogP contribution in [0.1, 0.15) is 0 Å². The number of hydrogen-bond donors (Lipinski definition) is 1. The molecule has 1 rings (SSSR count). The normalized spacial score (nSPS) is 11.3. The Bertz CT molecular complexity index is 530. The summed E-state index contributed by atoms with van der Waals surface area (Å²) >= 11 is 0. The largest absolute Gasteiger partial charge is 0.393 e. The van der Waals surface area contributed by atoms with Crippen LogP contribution in [0.15, 0.2) is 17.0 Å². The summed E-state index contributed by atoms with van der Waals surface area (Å²) in [6.07, 6.45) is 0. The van der Waals surface area contributed by atoms with Crippen LogP contribution in [-0.4, -0.2) is 13.3 Å². The molecular weight excluding hydrogens is 251 g/mol. The minimum Gasteiger partial charge on any atom is -0.393 e. The molecule has 0 atom stereocenters. The lowest BCUT2D eigenvalue weighted by Gasteiger charge is -2.01. The number of rotatable bonds is 2. The molecule has 0 bridgehead atoms. The first-order chi connectivity index (χ1) is 6.73. The van der Waals surface area contributed by atoms with Gasteiger partial charge in [0.05, 0.1) is 4.92 Å². The molecule has 9 heteroatoms. The monoisotopic (exact) mass is 254 g/mol. The smallest absolute Gasteiger partial charge is 0.293 e. The Labute approximate surface area is 88.0 Å². The summed E-state index contributed by atoms with van der Waals surface area (Å²) in [7, 11) is 0.493. The van der Waals surface area contributed by atoms with E-state index >= 15 is 0 Å². The molecule has 82 valence electrons. The van der Waals surface area contributed by atoms with E-state index in [1.54, 1.807) is 0 Å². The quantitative estimate of drug-likeness (QED) is 0.370. The summed E-state index contributed by atoms with van der Waals surface area (Å²) in [5.74, 6) is -1.23. The number of benzene rings is 1. The zero-order valence-electron chi connectivity index (χ0n) is 6.98. The highest BCUT2D eigenvalue weighted by molar-refractivity contribution is 8.13. The van der Waals surface area contributed by atoms with Gasteiger partial charge < -0.3 is 5.73 Å². The molecule has 0 aliphatic heterocycles. The van der Waals surface area contributed by atoms with Gasteiger partial charge in [-0.25, -0.2) is 12.8 Å². The number of nitrogens with two attached hydrogens (primary N) is 1. The van der Waals surface area contributed by atoms with Crippen molar-refractivity contribution in [3.63, 3.8) is 0 Å². The summed E-state index contributed by atoms with van der Waals surface area (Å²) in [5.41, 5.74) is 3.93. The molecule has 1 aromatic rings. The Balaban J connectivity index is 3.58. The van der Waals surface area contributed by atoms with Crippen molar-refractivity contribution in [2.45, 2.75) is 4.90 Å². The van der Waals surface area contributed by atoms with Crippen molar-refractivity contribution in [1.29, 1.82) is 0 Å². The van der Waals surface area contributed by atoms with E-state index in [0.29, 0.717) is 12.1 Å². The summed E-state index contributed by atoms with van der Waals surface area (Å²) in [5, 5.41) is 10.4. The van der Waals surface area contributed by atoms with E-state index < -0.39 is 36.1 Å². The van der Waals surface area contributed by atoms with E-state index in [1.807, 2.05) is 0 Å². The number of anilines is 1. The molecular formula is C6H4ClFN2O4S. The number of nitro groups is 1. The highest BCUT2D eigenvalue weighted by Crippen LogP contribution is 2.29. The standard InChI is InChI=1S/C6H4ClFN2O4S/c7-15(13,14)6-2-5(10(11)12)4(9)1-3(6)8/h1-2H,9H2. The fraction of sp³-hybridized carbons (Fsp3) is 0. The zero-order valence-corrected chi connectivity index (χ0v) is 8.55. The predicted molar refractivity (Wildman–Crippen MR) is 50.5 cm³/mol. The molecule has 0 saturated carbocycles. The number of nitro benzene ring substituents is 1. The average molecular weight is 255 g/mol. The van der Waals surface area contributed by atoms with E-state index in [0.717, 1.165) is 0 Å². The molecule has 0 saturated heterocycles. The third-order valence-corrected chi connectivity index (χ3v) is 2.88. The molecule has 0 unspecified atom stereocenters. The molecule has 0 amide bonds. The van der Waals surface area contributed by atoms with Gasteiger partial charge in [0.2, 0.25) is 0 Å². The number of halogens is 2. The second kappa shape index (κ2) is 3.63. The van der Waals surface area contributed by atoms with E-state index in [1.165, 1.54) is 0 Å². The van der Waals surface area contributed by atoms with Crippen LogP contribution in [0.2, 0.25) is 0 Å². The van der Waals surface area contributed by atoms with Gasteiger partial charge in [0.15, 0.2) is 0 Å². The molecule has 6 nitrogen and oxygen atoms in total. The molecule has 2 N–H and O–H groups in total. The topological polar surface area (TPSA) is 103 Å². The molecule has 0 aromatic heterocycles. The van der Waals surface area contributed by atoms with Gasteiger partial charge in [0.1, 0.15) is 16.4 Å². The fourth-order valence-electron chi connectivity index (χ4n) is 0.903. The molecule has 1 aromatic carbocycles. The van der Waals surface area contributed by atoms with Crippen LogP contribution >= 0.6 is 10.7 Å². The molecule has 0 aliphatic carbocycles. The fourth-order valence-corrected chi connectivity index (χ4v) is 1.80. The number of nitrogen functional groups attached to an aromatic ring is 1. The lowest BCUT2D eigenvalue weighted by molar-refractivity contribution is -0.384. The first kappa shape index (κ1) is 11.7. The summed E-state index contributed by atoms with van der Waals surface area (Å²) < 4.78 is 34.6. The first-order valence-electron chi connectivity index (χ1n) is 3.41. The van der Waals surface area contributed by atoms with Crippen molar-refractivity contribution >= 4 is 31.1 Å². The zero-order chi connectivity index (χ0) is 11.8. The van der Waals surface area contributed by atoms with Gasteiger partial charge in [-0.2, -0.15) is 0 Å². The molecule has 0 heterocycles. The summed E-state index contributed by atoms with van der Waals surface area (Å²) in [6.45, 7) is 0. The Morgan fingerprint density at radius 1 is 1.47 bits per heavy atom. The molecule has 0 spiro atoms. The van der Waals surface area contributed by atoms with Crippen LogP contribution in [0.5, 0.6) is 0 Å². The van der Waals surface area contributed by atoms with Gasteiger partial charge in [-0.05, 0) is 0 Å². The van der Waals surface area contributed by atoms with Gasteiger partial charge in [0, 0.05) is 22.8 Å². The van der Waals surface area contributed by atoms with Gasteiger partial charge in [-0.15, -0.1) is 0 Å². The third kappa shape index (κ3) is 2.34. The number of hydrogen-bond acceptors (Lipinski definition) is 5. The maximum absolute atomic E-state index is 13.0. The Hall–Kier alpha value is -1.41. The Morgan fingerprint density at radius 3 is 2.40 bits per heavy atom. The number of nitrogens with zero attached hydrogens (tertiary/aromatic N) is 1. The molecule has 0 radical (unpaired) electrons. The van der Waals surface area contributed by atoms with Crippen LogP contribution in [0.4, 0.5) is 15.8 Å². The second-order valence-electron chi connectivity index (χ2n) is 2.54. The first-order valence-corrected chi connectivity index (χ1v) is 5.72. The average Bonchev–Trinajstić information content (AvgIpc) is 2.00.